The molecule has 0 heterocycles. The molecule has 0 spiro atoms. The molecule has 0 aliphatic carbocycles. The predicted molar refractivity (Wildman–Crippen MR) is 45.1 cm³/mol. The van der Waals surface area contributed by atoms with E-state index < -0.39 is 6.03 Å². The maximum atomic E-state index is 9.00. The molecular weight excluding hydrogens is 144 g/mol. The predicted octanol–water partition coefficient (Wildman–Crippen LogP) is 0.621. The van der Waals surface area contributed by atoms with Gasteiger partial charge < -0.3 is 16.2 Å². The number of ether oxygens (including phenoxy) is 1. The number of primary amides is 2. The van der Waals surface area contributed by atoms with Crippen LogP contribution >= 0.6 is 0 Å². The van der Waals surface area contributed by atoms with E-state index >= 15 is 0 Å². The minimum atomic E-state index is -0.833. The van der Waals surface area contributed by atoms with Crippen molar-refractivity contribution in [3.63, 3.8) is 0 Å². The molecule has 0 atom stereocenters. The number of carbonyl (C=O) groups excluding carboxylic acids is 1. The standard InChI is InChI=1S/C6H12O.CH4N2O/c1-4-5-7-6(2)3;2-1(3)4/h4,6H,1,5H2,2-3H3;(H4,2,3,4). The van der Waals surface area contributed by atoms with E-state index in [1.807, 2.05) is 13.8 Å². The first-order valence-electron chi connectivity index (χ1n) is 3.28. The Labute approximate surface area is 67.2 Å². The molecule has 66 valence electrons. The van der Waals surface area contributed by atoms with Gasteiger partial charge in [-0.25, -0.2) is 4.79 Å². The lowest BCUT2D eigenvalue weighted by Gasteiger charge is -2.01. The van der Waals surface area contributed by atoms with E-state index in [1.54, 1.807) is 6.08 Å². The van der Waals surface area contributed by atoms with Crippen LogP contribution in [0.1, 0.15) is 13.8 Å². The lowest BCUT2D eigenvalue weighted by atomic mass is 10.5. The van der Waals surface area contributed by atoms with Crippen LogP contribution in [0.4, 0.5) is 4.79 Å². The van der Waals surface area contributed by atoms with Crippen LogP contribution in [-0.4, -0.2) is 18.7 Å². The Bertz CT molecular complexity index is 109. The summed E-state index contributed by atoms with van der Waals surface area (Å²) in [5.41, 5.74) is 8.50. The Kier molecular flexibility index (Phi) is 10.3. The molecule has 4 nitrogen and oxygen atoms in total. The van der Waals surface area contributed by atoms with Gasteiger partial charge in [0.1, 0.15) is 0 Å². The van der Waals surface area contributed by atoms with Gasteiger partial charge in [-0.05, 0) is 13.8 Å². The molecule has 0 bridgehead atoms. The number of rotatable bonds is 3. The summed E-state index contributed by atoms with van der Waals surface area (Å²) in [6.07, 6.45) is 2.08. The van der Waals surface area contributed by atoms with Gasteiger partial charge in [0.15, 0.2) is 0 Å². The first-order valence-corrected chi connectivity index (χ1v) is 3.28. The second-order valence-corrected chi connectivity index (χ2v) is 2.07. The molecule has 11 heavy (non-hydrogen) atoms. The van der Waals surface area contributed by atoms with E-state index in [-0.39, 0.29) is 0 Å². The van der Waals surface area contributed by atoms with Crippen molar-refractivity contribution in [3.05, 3.63) is 12.7 Å². The molecule has 0 saturated heterocycles. The number of nitrogens with two attached hydrogens (primary N) is 2. The zero-order chi connectivity index (χ0) is 9.28. The largest absolute Gasteiger partial charge is 0.375 e. The number of hydrogen-bond acceptors (Lipinski definition) is 2. The third-order valence-corrected chi connectivity index (χ3v) is 0.547. The second-order valence-electron chi connectivity index (χ2n) is 2.07. The van der Waals surface area contributed by atoms with Crippen molar-refractivity contribution in [1.82, 2.24) is 0 Å². The Morgan fingerprint density at radius 1 is 1.64 bits per heavy atom. The van der Waals surface area contributed by atoms with Gasteiger partial charge in [0.25, 0.3) is 0 Å². The zero-order valence-electron chi connectivity index (χ0n) is 7.04. The summed E-state index contributed by atoms with van der Waals surface area (Å²) < 4.78 is 5.07. The average Bonchev–Trinajstić information content (AvgIpc) is 1.82. The van der Waals surface area contributed by atoms with Crippen LogP contribution in [0, 0.1) is 0 Å². The Morgan fingerprint density at radius 3 is 2.09 bits per heavy atom. The van der Waals surface area contributed by atoms with Gasteiger partial charge in [0.2, 0.25) is 0 Å². The van der Waals surface area contributed by atoms with Crippen LogP contribution in [0.5, 0.6) is 0 Å². The molecule has 0 aromatic heterocycles. The van der Waals surface area contributed by atoms with Crippen molar-refractivity contribution in [2.24, 2.45) is 11.5 Å². The van der Waals surface area contributed by atoms with Gasteiger partial charge in [-0.15, -0.1) is 6.58 Å². The minimum Gasteiger partial charge on any atom is -0.375 e. The Hall–Kier alpha value is -1.03. The monoisotopic (exact) mass is 160 g/mol. The topological polar surface area (TPSA) is 78.3 Å². The van der Waals surface area contributed by atoms with Crippen molar-refractivity contribution in [3.8, 4) is 0 Å². The fraction of sp³-hybridized carbons (Fsp3) is 0.571. The second kappa shape index (κ2) is 8.97. The van der Waals surface area contributed by atoms with Gasteiger partial charge in [-0.3, -0.25) is 0 Å². The number of amides is 2. The highest BCUT2D eigenvalue weighted by molar-refractivity contribution is 5.69. The van der Waals surface area contributed by atoms with Crippen molar-refractivity contribution in [2.45, 2.75) is 20.0 Å². The summed E-state index contributed by atoms with van der Waals surface area (Å²) in [7, 11) is 0. The van der Waals surface area contributed by atoms with E-state index in [0.29, 0.717) is 12.7 Å². The average molecular weight is 160 g/mol. The van der Waals surface area contributed by atoms with Gasteiger partial charge in [0, 0.05) is 0 Å². The van der Waals surface area contributed by atoms with E-state index in [2.05, 4.69) is 18.0 Å². The molecule has 4 heteroatoms. The molecule has 0 rings (SSSR count). The minimum absolute atomic E-state index is 0.331. The molecule has 0 aromatic carbocycles. The number of hydrogen-bond donors (Lipinski definition) is 2. The number of urea groups is 1. The molecule has 0 aliphatic rings. The summed E-state index contributed by atoms with van der Waals surface area (Å²) in [4.78, 5) is 9.00. The van der Waals surface area contributed by atoms with Crippen molar-refractivity contribution in [1.29, 1.82) is 0 Å². The van der Waals surface area contributed by atoms with E-state index in [1.165, 1.54) is 0 Å². The van der Waals surface area contributed by atoms with E-state index in [9.17, 15) is 0 Å². The summed E-state index contributed by atoms with van der Waals surface area (Å²) in [5.74, 6) is 0. The summed E-state index contributed by atoms with van der Waals surface area (Å²) in [6, 6.07) is -0.833. The number of carbonyl (C=O) groups is 1. The van der Waals surface area contributed by atoms with Crippen LogP contribution in [-0.2, 0) is 4.74 Å². The molecule has 4 N–H and O–H groups in total. The molecule has 0 aliphatic heterocycles. The van der Waals surface area contributed by atoms with Crippen LogP contribution in [0.3, 0.4) is 0 Å². The summed E-state index contributed by atoms with van der Waals surface area (Å²) >= 11 is 0. The fourth-order valence-electron chi connectivity index (χ4n) is 0.260. The Balaban J connectivity index is 0. The maximum absolute atomic E-state index is 9.00. The SMILES string of the molecule is C=CCOC(C)C.NC(N)=O. The van der Waals surface area contributed by atoms with Crippen LogP contribution < -0.4 is 11.5 Å². The van der Waals surface area contributed by atoms with Crippen molar-refractivity contribution < 1.29 is 9.53 Å². The van der Waals surface area contributed by atoms with Gasteiger partial charge >= 0.3 is 6.03 Å². The molecule has 0 fully saturated rings. The fourth-order valence-corrected chi connectivity index (χ4v) is 0.260. The van der Waals surface area contributed by atoms with Gasteiger partial charge in [0.05, 0.1) is 12.7 Å². The molecule has 0 radical (unpaired) electrons. The maximum Gasteiger partial charge on any atom is 0.309 e. The Morgan fingerprint density at radius 2 is 2.00 bits per heavy atom. The smallest absolute Gasteiger partial charge is 0.309 e. The van der Waals surface area contributed by atoms with Crippen LogP contribution in [0.2, 0.25) is 0 Å². The third-order valence-electron chi connectivity index (χ3n) is 0.547. The van der Waals surface area contributed by atoms with Gasteiger partial charge in [-0.2, -0.15) is 0 Å². The van der Waals surface area contributed by atoms with Crippen LogP contribution in [0.25, 0.3) is 0 Å². The molecule has 0 aromatic rings. The first-order chi connectivity index (χ1) is 5.00. The van der Waals surface area contributed by atoms with Crippen molar-refractivity contribution in [2.75, 3.05) is 6.61 Å². The molecule has 0 saturated carbocycles. The van der Waals surface area contributed by atoms with Crippen LogP contribution in [0.15, 0.2) is 12.7 Å². The quantitative estimate of drug-likeness (QED) is 0.593. The summed E-state index contributed by atoms with van der Waals surface area (Å²) in [6.45, 7) is 8.18. The highest BCUT2D eigenvalue weighted by Gasteiger charge is 1.85. The molecule has 2 amide bonds. The molecule has 0 unspecified atom stereocenters. The van der Waals surface area contributed by atoms with Gasteiger partial charge in [-0.1, -0.05) is 6.08 Å². The highest BCUT2D eigenvalue weighted by atomic mass is 16.5. The van der Waals surface area contributed by atoms with E-state index in [4.69, 9.17) is 9.53 Å². The lowest BCUT2D eigenvalue weighted by Crippen LogP contribution is -2.18. The highest BCUT2D eigenvalue weighted by Crippen LogP contribution is 1.84. The zero-order valence-corrected chi connectivity index (χ0v) is 7.04. The lowest BCUT2D eigenvalue weighted by molar-refractivity contribution is 0.103. The van der Waals surface area contributed by atoms with E-state index in [0.717, 1.165) is 0 Å². The third kappa shape index (κ3) is 49.4. The normalized spacial score (nSPS) is 8.27. The first kappa shape index (κ1) is 12.6. The van der Waals surface area contributed by atoms with Crippen molar-refractivity contribution >= 4 is 6.03 Å². The molecular formula is C7H16N2O2. The summed E-state index contributed by atoms with van der Waals surface area (Å²) in [5, 5.41) is 0.